The second-order valence-corrected chi connectivity index (χ2v) is 21.6. The monoisotopic (exact) mass is 1430 g/mol. The van der Waals surface area contributed by atoms with E-state index in [-0.39, 0.29) is 41.3 Å². The van der Waals surface area contributed by atoms with Crippen LogP contribution in [0.4, 0.5) is 0 Å². The number of aromatic nitrogens is 18. The van der Waals surface area contributed by atoms with Gasteiger partial charge in [0, 0.05) is 144 Å². The molecule has 506 valence electrons. The first-order chi connectivity index (χ1) is 47.5. The normalized spacial score (nSPS) is 10.6. The number of carbonyl (C=O) groups is 2. The van der Waals surface area contributed by atoms with Gasteiger partial charge >= 0.3 is 17.3 Å². The van der Waals surface area contributed by atoms with E-state index in [0.29, 0.717) is 31.0 Å². The Morgan fingerprint density at radius 1 is 0.526 bits per heavy atom. The van der Waals surface area contributed by atoms with E-state index in [1.165, 1.54) is 80.1 Å². The molecule has 0 fully saturated rings. The molecule has 0 bridgehead atoms. The lowest BCUT2D eigenvalue weighted by atomic mass is 10.2. The number of halogens is 1. The Morgan fingerprint density at radius 3 is 1.32 bits per heavy atom. The Balaban J connectivity index is 0.000000174. The highest BCUT2D eigenvalue weighted by molar-refractivity contribution is 14.1. The van der Waals surface area contributed by atoms with Crippen molar-refractivity contribution in [2.45, 2.75) is 71.9 Å². The van der Waals surface area contributed by atoms with Gasteiger partial charge in [-0.1, -0.05) is 151 Å². The number of nitrogens with one attached hydrogen (secondary N) is 2. The van der Waals surface area contributed by atoms with Crippen LogP contribution < -0.4 is 33.5 Å². The van der Waals surface area contributed by atoms with E-state index < -0.39 is 28.5 Å². The molecule has 0 radical (unpaired) electrons. The van der Waals surface area contributed by atoms with E-state index in [4.69, 9.17) is 12.2 Å². The number of fused-ring (bicyclic) bond motifs is 2. The third kappa shape index (κ3) is 21.4. The van der Waals surface area contributed by atoms with Crippen molar-refractivity contribution in [1.29, 1.82) is 0 Å². The molecule has 0 spiro atoms. The number of carboxylic acids is 1. The maximum absolute atomic E-state index is 12.5. The van der Waals surface area contributed by atoms with Crippen LogP contribution in [0.25, 0.3) is 22.3 Å². The molecule has 0 saturated heterocycles. The number of H-pyrrole nitrogens is 1. The summed E-state index contributed by atoms with van der Waals surface area (Å²) < 4.78 is 21.7. The average Bonchev–Trinajstić information content (AvgIpc) is 1.42. The molecule has 0 saturated carbocycles. The van der Waals surface area contributed by atoms with Crippen LogP contribution in [0.5, 0.6) is 0 Å². The van der Waals surface area contributed by atoms with Crippen LogP contribution in [0.3, 0.4) is 0 Å². The zero-order valence-corrected chi connectivity index (χ0v) is 56.9. The molecule has 27 nitrogen and oxygen atoms in total. The van der Waals surface area contributed by atoms with Gasteiger partial charge < -0.3 is 48.5 Å². The van der Waals surface area contributed by atoms with Crippen LogP contribution in [-0.4, -0.2) is 121 Å². The summed E-state index contributed by atoms with van der Waals surface area (Å²) in [6.45, 7) is 6.22. The number of amides is 1. The van der Waals surface area contributed by atoms with E-state index in [1.807, 2.05) is 108 Å². The number of nitrogens with two attached hydrogens (primary N) is 1. The quantitative estimate of drug-likeness (QED) is 0.0513. The number of hydrogen-bond donors (Lipinski definition) is 4. The van der Waals surface area contributed by atoms with Gasteiger partial charge in [0.1, 0.15) is 30.6 Å². The van der Waals surface area contributed by atoms with E-state index in [2.05, 4.69) is 149 Å². The summed E-state index contributed by atoms with van der Waals surface area (Å²) in [7, 11) is 5.75. The number of carbonyl (C=O) groups excluding carboxylic acids is 1. The molecule has 5 N–H and O–H groups in total. The lowest BCUT2D eigenvalue weighted by Gasteiger charge is -2.10. The van der Waals surface area contributed by atoms with Crippen molar-refractivity contribution in [2.24, 2.45) is 33.9 Å². The molecule has 28 heteroatoms. The molecule has 0 atom stereocenters. The maximum Gasteiger partial charge on any atom is 0.332 e. The van der Waals surface area contributed by atoms with Crippen LogP contribution in [0.2, 0.25) is 0 Å². The lowest BCUT2D eigenvalue weighted by molar-refractivity contribution is -0.137. The SMILES string of the molecule is CCCc1nccn1Cc1ccccc1.Cn1c(=O)c2c(ncn2CC(=O)NCCc2nccn2Cc2ccccc2)n(C)c1=O.Cn1c(=O)c2c(ncn2CC(=O)O)n(C)c1=O.NCCc1nccn1Cc1ccccc1.[2H]CI.c1c[nH]cn1.c1ccc(Cn2ccnc2)cc1. The predicted octanol–water partition coefficient (Wildman–Crippen LogP) is 6.26. The van der Waals surface area contributed by atoms with Gasteiger partial charge in [0.25, 0.3) is 11.1 Å². The van der Waals surface area contributed by atoms with Gasteiger partial charge in [-0.3, -0.25) is 37.4 Å². The van der Waals surface area contributed by atoms with E-state index in [0.717, 1.165) is 59.7 Å². The lowest BCUT2D eigenvalue weighted by Crippen LogP contribution is -2.38. The molecular formula is C69H81IN20O7. The van der Waals surface area contributed by atoms with Gasteiger partial charge in [-0.15, -0.1) is 0 Å². The zero-order valence-electron chi connectivity index (χ0n) is 55.8. The maximum atomic E-state index is 12.5. The number of imidazole rings is 7. The minimum Gasteiger partial charge on any atom is -0.480 e. The fourth-order valence-electron chi connectivity index (χ4n) is 9.92. The molecule has 0 aliphatic rings. The number of benzene rings is 4. The highest BCUT2D eigenvalue weighted by atomic mass is 127. The first-order valence-corrected chi connectivity index (χ1v) is 32.4. The standard InChI is InChI=1S/C21H23N7O3.C13H16N2.C12H15N3.C10H10N2.C9H10N4O4.C3H4N2.CH3I/c1-25-19-18(20(30)26(2)21(25)31)28(14-24-19)13-17(29)23-9-8-16-22-10-11-27(16)12-15-6-4-3-5-7-15;1-2-6-13-14-9-10-15(13)11-12-7-4-3-5-8-12;13-7-6-12-14-8-9-15(12)10-11-4-2-1-3-5-11;1-2-4-10(5-3-1)8-12-7-6-11-9-12;1-11-7-6(8(16)12(2)9(11)17)13(4-10-7)3-5(14)15;1-2-5-3-4-1;1-2/h3-7,10-11,14H,8-9,12-13H2,1-2H3,(H,23,29);3-5,7-10H,2,6,11H2,1H3;1-5,8-9H,6-7,10,13H2;1-7,9H,8H2;4H,3H2,1-2H3,(H,14,15);1-3H,(H,4,5);1H3/i;;;;;;1D. The van der Waals surface area contributed by atoms with Crippen molar-refractivity contribution >= 4 is 56.8 Å². The Kier molecular flexibility index (Phi) is 28.3. The number of carboxylic acid groups (broad SMARTS) is 1. The molecule has 0 unspecified atom stereocenters. The van der Waals surface area contributed by atoms with Gasteiger partial charge in [-0.25, -0.2) is 44.5 Å². The summed E-state index contributed by atoms with van der Waals surface area (Å²) >= 11 is 1.96. The fraction of sp³-hybridized carbons (Fsp3) is 0.261. The summed E-state index contributed by atoms with van der Waals surface area (Å²) in [5.74, 6) is 1.78. The van der Waals surface area contributed by atoms with Gasteiger partial charge in [-0.2, -0.15) is 0 Å². The smallest absolute Gasteiger partial charge is 0.332 e. The molecule has 9 heterocycles. The Labute approximate surface area is 574 Å². The summed E-state index contributed by atoms with van der Waals surface area (Å²) in [6, 6.07) is 41.3. The van der Waals surface area contributed by atoms with Crippen LogP contribution in [0, 0.1) is 0 Å². The molecule has 97 heavy (non-hydrogen) atoms. The van der Waals surface area contributed by atoms with Gasteiger partial charge in [0.15, 0.2) is 22.3 Å². The number of aryl methyl sites for hydroxylation is 3. The molecule has 9 aromatic heterocycles. The Hall–Kier alpha value is -11.1. The van der Waals surface area contributed by atoms with Crippen LogP contribution in [-0.2, 0) is 96.3 Å². The van der Waals surface area contributed by atoms with Crippen molar-refractivity contribution in [3.8, 4) is 0 Å². The van der Waals surface area contributed by atoms with E-state index in [1.54, 1.807) is 38.2 Å². The number of hydrogen-bond acceptors (Lipinski definition) is 14. The van der Waals surface area contributed by atoms with E-state index in [9.17, 15) is 28.8 Å². The largest absolute Gasteiger partial charge is 0.480 e. The number of nitrogens with zero attached hydrogens (tertiary/aromatic N) is 17. The highest BCUT2D eigenvalue weighted by Crippen LogP contribution is 2.11. The van der Waals surface area contributed by atoms with Crippen molar-refractivity contribution in [3.05, 3.63) is 290 Å². The number of rotatable bonds is 19. The first kappa shape index (κ1) is 71.7. The first-order valence-electron chi connectivity index (χ1n) is 31.6. The minimum atomic E-state index is -1.08. The number of aromatic amines is 1. The third-order valence-electron chi connectivity index (χ3n) is 14.7. The molecule has 0 aliphatic heterocycles. The summed E-state index contributed by atoms with van der Waals surface area (Å²) in [6.07, 6.45) is 28.3. The van der Waals surface area contributed by atoms with Gasteiger partial charge in [0.05, 0.1) is 25.3 Å². The molecule has 13 aromatic rings. The predicted molar refractivity (Wildman–Crippen MR) is 381 cm³/mol. The molecule has 4 aromatic carbocycles. The topological polar surface area (TPSA) is 316 Å². The van der Waals surface area contributed by atoms with E-state index >= 15 is 0 Å². The third-order valence-corrected chi connectivity index (χ3v) is 14.7. The van der Waals surface area contributed by atoms with Gasteiger partial charge in [0.2, 0.25) is 5.91 Å². The van der Waals surface area contributed by atoms with Crippen molar-refractivity contribution in [2.75, 3.05) is 18.0 Å². The second-order valence-electron chi connectivity index (χ2n) is 21.6. The van der Waals surface area contributed by atoms with Gasteiger partial charge in [-0.05, 0) is 40.1 Å². The fourth-order valence-corrected chi connectivity index (χ4v) is 9.92. The van der Waals surface area contributed by atoms with Crippen molar-refractivity contribution in [1.82, 2.24) is 90.9 Å². The summed E-state index contributed by atoms with van der Waals surface area (Å²) in [4.78, 5) is 103. The number of alkyl halides is 1. The Bertz CT molecular complexity index is 4630. The molecule has 13 rings (SSSR count). The minimum absolute atomic E-state index is 0.0671. The number of aliphatic carboxylic acids is 1. The van der Waals surface area contributed by atoms with Crippen molar-refractivity contribution < 1.29 is 16.1 Å². The molecule has 1 amide bonds. The highest BCUT2D eigenvalue weighted by Gasteiger charge is 2.18. The summed E-state index contributed by atoms with van der Waals surface area (Å²) in [5, 5.41) is 11.6. The summed E-state index contributed by atoms with van der Waals surface area (Å²) in [5.41, 5.74) is 9.39. The second kappa shape index (κ2) is 38.3. The Morgan fingerprint density at radius 2 is 0.948 bits per heavy atom. The average molecular weight is 1430 g/mol. The van der Waals surface area contributed by atoms with Crippen LogP contribution in [0.1, 0.15) is 54.4 Å². The molecular weight excluding hydrogens is 1350 g/mol. The van der Waals surface area contributed by atoms with Crippen molar-refractivity contribution in [3.63, 3.8) is 0 Å². The zero-order chi connectivity index (χ0) is 70.2. The van der Waals surface area contributed by atoms with Crippen LogP contribution >= 0.6 is 22.6 Å². The molecule has 0 aliphatic carbocycles. The van der Waals surface area contributed by atoms with Crippen LogP contribution in [0.15, 0.2) is 228 Å².